The predicted molar refractivity (Wildman–Crippen MR) is 269 cm³/mol. The van der Waals surface area contributed by atoms with Crippen LogP contribution in [0.2, 0.25) is 0 Å². The Morgan fingerprint density at radius 2 is 0.321 bits per heavy atom. The SMILES string of the molecule is CCCCCCCC[P+](CCCCCCCC)(CCCCCCCC)CCCCCCCC.Fc1c(F)c(F)c([B-](c2c(F)c(F)c(F)c(F)c2F)(c2c(F)c(F)c(F)c(F)c2F)c2c(F)c(F)c(F)c(F)c2F)c(F)c1F. The third kappa shape index (κ3) is 15.7. The fraction of sp³-hybridized carbons (Fsp3) is 0.571. The first-order valence-electron chi connectivity index (χ1n) is 27.0. The summed E-state index contributed by atoms with van der Waals surface area (Å²) in [5.41, 5.74) is -14.3. The molecule has 0 unspecified atom stereocenters. The summed E-state index contributed by atoms with van der Waals surface area (Å²) < 4.78 is 294. The molecule has 0 amide bonds. The summed E-state index contributed by atoms with van der Waals surface area (Å²) >= 11 is 0. The summed E-state index contributed by atoms with van der Waals surface area (Å²) in [6.45, 7) is 9.38. The van der Waals surface area contributed by atoms with Crippen molar-refractivity contribution in [3.8, 4) is 0 Å². The fourth-order valence-electron chi connectivity index (χ4n) is 10.5. The van der Waals surface area contributed by atoms with E-state index in [9.17, 15) is 52.7 Å². The van der Waals surface area contributed by atoms with Gasteiger partial charge >= 0.3 is 0 Å². The first-order chi connectivity index (χ1) is 36.9. The molecule has 0 saturated heterocycles. The molecule has 4 rings (SSSR count). The molecule has 0 fully saturated rings. The van der Waals surface area contributed by atoms with Gasteiger partial charge < -0.3 is 0 Å². The van der Waals surface area contributed by atoms with Gasteiger partial charge in [0.25, 0.3) is 0 Å². The van der Waals surface area contributed by atoms with E-state index in [1.165, 1.54) is 128 Å². The smallest absolute Gasteiger partial charge is 0.200 e. The van der Waals surface area contributed by atoms with Crippen LogP contribution in [-0.2, 0) is 0 Å². The average molecular weight is 1160 g/mol. The zero-order valence-electron chi connectivity index (χ0n) is 44.4. The molecule has 4 aromatic carbocycles. The van der Waals surface area contributed by atoms with Crippen LogP contribution in [0.5, 0.6) is 0 Å². The van der Waals surface area contributed by atoms with Crippen LogP contribution in [-0.4, -0.2) is 30.8 Å². The fourth-order valence-corrected chi connectivity index (χ4v) is 15.4. The summed E-state index contributed by atoms with van der Waals surface area (Å²) in [4.78, 5) is 0. The summed E-state index contributed by atoms with van der Waals surface area (Å²) in [6, 6.07) is 0. The maximum Gasteiger partial charge on any atom is 0.200 e. The number of unbranched alkanes of at least 4 members (excludes halogenated alkanes) is 20. The first kappa shape index (κ1) is 68.2. The third-order valence-electron chi connectivity index (χ3n) is 14.7. The van der Waals surface area contributed by atoms with Crippen molar-refractivity contribution in [3.63, 3.8) is 0 Å². The van der Waals surface area contributed by atoms with E-state index < -0.39 is 152 Å². The van der Waals surface area contributed by atoms with Crippen molar-refractivity contribution in [2.24, 2.45) is 0 Å². The van der Waals surface area contributed by atoms with Gasteiger partial charge in [0.15, 0.2) is 69.8 Å². The molecule has 0 heterocycles. The molecule has 0 aliphatic rings. The van der Waals surface area contributed by atoms with Gasteiger partial charge in [0.2, 0.25) is 0 Å². The maximum atomic E-state index is 15.4. The lowest BCUT2D eigenvalue weighted by Crippen LogP contribution is -2.81. The Hall–Kier alpha value is -4.03. The normalized spacial score (nSPS) is 12.0. The van der Waals surface area contributed by atoms with Gasteiger partial charge in [-0.05, 0) is 51.4 Å². The van der Waals surface area contributed by atoms with E-state index in [4.69, 9.17) is 0 Å². The van der Waals surface area contributed by atoms with Crippen LogP contribution in [0.1, 0.15) is 182 Å². The van der Waals surface area contributed by atoms with E-state index >= 15 is 35.1 Å². The minimum absolute atomic E-state index is 0.718. The topological polar surface area (TPSA) is 0 Å². The molecule has 0 radical (unpaired) electrons. The largest absolute Gasteiger partial charge is 0.207 e. The van der Waals surface area contributed by atoms with Crippen molar-refractivity contribution in [2.45, 2.75) is 182 Å². The lowest BCUT2D eigenvalue weighted by atomic mass is 9.12. The van der Waals surface area contributed by atoms with E-state index in [-0.39, 0.29) is 0 Å². The van der Waals surface area contributed by atoms with Gasteiger partial charge in [0.05, 0.1) is 24.6 Å². The molecule has 440 valence electrons. The Labute approximate surface area is 444 Å². The average Bonchev–Trinajstić information content (AvgIpc) is 2.79. The quantitative estimate of drug-likeness (QED) is 0.0114. The second-order valence-electron chi connectivity index (χ2n) is 20.1. The van der Waals surface area contributed by atoms with Gasteiger partial charge in [-0.1, -0.05) is 130 Å². The highest BCUT2D eigenvalue weighted by Crippen LogP contribution is 2.61. The van der Waals surface area contributed by atoms with Crippen LogP contribution in [0, 0.1) is 116 Å². The molecule has 22 heteroatoms. The number of hydrogen-bond donors (Lipinski definition) is 0. The van der Waals surface area contributed by atoms with E-state index in [0.717, 1.165) is 0 Å². The van der Waals surface area contributed by atoms with Crippen LogP contribution in [0.4, 0.5) is 87.8 Å². The van der Waals surface area contributed by atoms with E-state index in [1.807, 2.05) is 0 Å². The van der Waals surface area contributed by atoms with Gasteiger partial charge in [0.1, 0.15) is 52.7 Å². The Balaban J connectivity index is 0.000000433. The van der Waals surface area contributed by atoms with E-state index in [2.05, 4.69) is 27.7 Å². The minimum Gasteiger partial charge on any atom is -0.207 e. The van der Waals surface area contributed by atoms with Crippen LogP contribution in [0.3, 0.4) is 0 Å². The highest BCUT2D eigenvalue weighted by molar-refractivity contribution is 7.75. The summed E-state index contributed by atoms with van der Waals surface area (Å²) in [7, 11) is -0.718. The second kappa shape index (κ2) is 32.4. The minimum atomic E-state index is -7.22. The van der Waals surface area contributed by atoms with E-state index in [1.54, 1.807) is 50.3 Å². The molecule has 0 aliphatic heterocycles. The van der Waals surface area contributed by atoms with E-state index in [0.29, 0.717) is 0 Å². The molecule has 0 bridgehead atoms. The van der Waals surface area contributed by atoms with Crippen molar-refractivity contribution in [2.75, 3.05) is 24.6 Å². The Bertz CT molecular complexity index is 2120. The van der Waals surface area contributed by atoms with Gasteiger partial charge in [-0.2, -0.15) is 0 Å². The van der Waals surface area contributed by atoms with Crippen molar-refractivity contribution in [1.29, 1.82) is 0 Å². The van der Waals surface area contributed by atoms with Crippen LogP contribution in [0.25, 0.3) is 0 Å². The molecule has 4 aromatic rings. The zero-order chi connectivity index (χ0) is 58.7. The summed E-state index contributed by atoms with van der Waals surface area (Å²) in [6.07, 6.45) is 34.9. The predicted octanol–water partition coefficient (Wildman–Crippen LogP) is 18.3. The monoisotopic (exact) mass is 1160 g/mol. The molecule has 0 saturated carbocycles. The lowest BCUT2D eigenvalue weighted by Gasteiger charge is -2.44. The molecule has 0 spiro atoms. The maximum absolute atomic E-state index is 15.4. The van der Waals surface area contributed by atoms with Gasteiger partial charge in [0, 0.05) is 7.26 Å². The van der Waals surface area contributed by atoms with Gasteiger partial charge in [-0.15, -0.1) is 21.9 Å². The zero-order valence-corrected chi connectivity index (χ0v) is 45.3. The second-order valence-corrected chi connectivity index (χ2v) is 24.6. The Morgan fingerprint density at radius 3 is 0.474 bits per heavy atom. The number of hydrogen-bond acceptors (Lipinski definition) is 0. The highest BCUT2D eigenvalue weighted by Gasteiger charge is 2.52. The van der Waals surface area contributed by atoms with Crippen LogP contribution < -0.4 is 21.9 Å². The standard InChI is InChI=1S/C32H68P.C24BF20/c1-5-9-13-17-21-25-29-33(30-26-22-18-14-10-6-2,31-27-23-19-15-11-7-3)32-28-24-20-16-12-8-4;26-5-1(6(27)14(35)21(42)13(5)34)25(2-7(28)15(36)22(43)16(37)8(2)29,3-9(30)17(38)23(44)18(39)10(3)31)4-11(32)19(40)24(45)20(41)12(4)33/h5-32H2,1-4H3;/q+1;-1. The van der Waals surface area contributed by atoms with Gasteiger partial charge in [-0.3, -0.25) is 0 Å². The lowest BCUT2D eigenvalue weighted by molar-refractivity contribution is 0.378. The van der Waals surface area contributed by atoms with Crippen LogP contribution in [0.15, 0.2) is 0 Å². The molecule has 0 aromatic heterocycles. The summed E-state index contributed by atoms with van der Waals surface area (Å²) in [5, 5.41) is 0. The third-order valence-corrected chi connectivity index (χ3v) is 19.7. The molecule has 0 atom stereocenters. The number of halogens is 20. The molecule has 78 heavy (non-hydrogen) atoms. The number of benzene rings is 4. The van der Waals surface area contributed by atoms with Crippen molar-refractivity contribution >= 4 is 35.3 Å². The molecular formula is C56H68BF20P. The molecular weight excluding hydrogens is 1090 g/mol. The Kier molecular flexibility index (Phi) is 28.4. The summed E-state index contributed by atoms with van der Waals surface area (Å²) in [5.74, 6) is -71.4. The van der Waals surface area contributed by atoms with Crippen molar-refractivity contribution in [1.82, 2.24) is 0 Å². The van der Waals surface area contributed by atoms with Gasteiger partial charge in [-0.25, -0.2) is 87.8 Å². The molecule has 0 aliphatic carbocycles. The van der Waals surface area contributed by atoms with Crippen molar-refractivity contribution in [3.05, 3.63) is 116 Å². The Morgan fingerprint density at radius 1 is 0.192 bits per heavy atom. The number of rotatable bonds is 32. The van der Waals surface area contributed by atoms with Crippen molar-refractivity contribution < 1.29 is 87.8 Å². The highest BCUT2D eigenvalue weighted by atomic mass is 31.2. The molecule has 0 N–H and O–H groups in total. The van der Waals surface area contributed by atoms with Crippen LogP contribution >= 0.6 is 7.26 Å². The molecule has 0 nitrogen and oxygen atoms in total. The first-order valence-corrected chi connectivity index (χ1v) is 29.6.